The monoisotopic (exact) mass is 506 g/mol. The Labute approximate surface area is 192 Å². The number of amidine groups is 1. The van der Waals surface area contributed by atoms with Crippen molar-refractivity contribution in [2.45, 2.75) is 31.4 Å². The second-order valence-electron chi connectivity index (χ2n) is 8.08. The number of benzene rings is 1. The summed E-state index contributed by atoms with van der Waals surface area (Å²) < 4.78 is 82.7. The molecule has 0 spiro atoms. The standard InChI is InChI=1S/C20H19ClF4N4O3S/c1-10-3-12(18-13(22)4-11(21)5-14(18)23)19(26-7-10)15-6-17(27-32-15)29-8-16(20(24,25)9-29)28-33(2,30)31/h3-5,7,15-16,28H,6,8-9H2,1-2H3/t15?,16-/m1/s1. The fourth-order valence-corrected chi connectivity index (χ4v) is 4.85. The maximum atomic E-state index is 14.6. The summed E-state index contributed by atoms with van der Waals surface area (Å²) in [4.78, 5) is 10.9. The van der Waals surface area contributed by atoms with Gasteiger partial charge in [0.05, 0.1) is 30.5 Å². The van der Waals surface area contributed by atoms with Crippen LogP contribution in [0.25, 0.3) is 11.1 Å². The molecule has 1 N–H and O–H groups in total. The third kappa shape index (κ3) is 4.92. The SMILES string of the molecule is Cc1cnc(C2CC(N3C[C@@H](NS(C)(=O)=O)C(F)(F)C3)=NO2)c(-c2c(F)cc(Cl)cc2F)c1. The van der Waals surface area contributed by atoms with E-state index in [9.17, 15) is 26.0 Å². The van der Waals surface area contributed by atoms with Crippen molar-refractivity contribution in [1.82, 2.24) is 14.6 Å². The predicted molar refractivity (Wildman–Crippen MR) is 114 cm³/mol. The normalized spacial score (nSPS) is 22.4. The fourth-order valence-electron chi connectivity index (χ4n) is 3.90. The van der Waals surface area contributed by atoms with Gasteiger partial charge in [0.1, 0.15) is 23.5 Å². The molecule has 2 atom stereocenters. The Kier molecular flexibility index (Phi) is 6.04. The second-order valence-corrected chi connectivity index (χ2v) is 10.3. The number of hydrogen-bond acceptors (Lipinski definition) is 6. The number of aromatic nitrogens is 1. The van der Waals surface area contributed by atoms with Gasteiger partial charge in [0.2, 0.25) is 10.0 Å². The van der Waals surface area contributed by atoms with E-state index in [-0.39, 0.29) is 40.6 Å². The highest BCUT2D eigenvalue weighted by molar-refractivity contribution is 7.88. The average molecular weight is 507 g/mol. The number of aryl methyl sites for hydroxylation is 1. The minimum atomic E-state index is -3.85. The van der Waals surface area contributed by atoms with Crippen LogP contribution >= 0.6 is 11.6 Å². The van der Waals surface area contributed by atoms with Gasteiger partial charge >= 0.3 is 0 Å². The number of halogens is 5. The molecule has 0 amide bonds. The Morgan fingerprint density at radius 2 is 1.91 bits per heavy atom. The molecule has 7 nitrogen and oxygen atoms in total. The van der Waals surface area contributed by atoms with E-state index in [4.69, 9.17) is 16.4 Å². The number of alkyl halides is 2. The molecule has 1 aromatic carbocycles. The Balaban J connectivity index is 1.60. The van der Waals surface area contributed by atoms with E-state index in [1.54, 1.807) is 6.92 Å². The van der Waals surface area contributed by atoms with Gasteiger partial charge < -0.3 is 9.74 Å². The lowest BCUT2D eigenvalue weighted by Crippen LogP contribution is -2.46. The van der Waals surface area contributed by atoms with Crippen LogP contribution in [0.15, 0.2) is 29.6 Å². The highest BCUT2D eigenvalue weighted by Gasteiger charge is 2.51. The van der Waals surface area contributed by atoms with Gasteiger partial charge in [-0.3, -0.25) is 4.98 Å². The zero-order valence-corrected chi connectivity index (χ0v) is 19.0. The Bertz CT molecular complexity index is 1220. The Hall–Kier alpha value is -2.44. The molecule has 0 radical (unpaired) electrons. The predicted octanol–water partition coefficient (Wildman–Crippen LogP) is 3.63. The molecule has 13 heteroatoms. The molecule has 0 saturated carbocycles. The van der Waals surface area contributed by atoms with Crippen LogP contribution in [0.2, 0.25) is 5.02 Å². The zero-order valence-electron chi connectivity index (χ0n) is 17.4. The number of likely N-dealkylation sites (tertiary alicyclic amines) is 1. The highest BCUT2D eigenvalue weighted by Crippen LogP contribution is 2.39. The first-order valence-electron chi connectivity index (χ1n) is 9.78. The number of oxime groups is 1. The van der Waals surface area contributed by atoms with Crippen molar-refractivity contribution in [2.24, 2.45) is 5.16 Å². The fraction of sp³-hybridized carbons (Fsp3) is 0.400. The molecule has 3 heterocycles. The van der Waals surface area contributed by atoms with Gasteiger partial charge in [-0.25, -0.2) is 30.7 Å². The molecule has 1 unspecified atom stereocenters. The van der Waals surface area contributed by atoms with Crippen LogP contribution in [0.1, 0.15) is 23.8 Å². The summed E-state index contributed by atoms with van der Waals surface area (Å²) in [5.41, 5.74) is 0.603. The van der Waals surface area contributed by atoms with Crippen molar-refractivity contribution in [3.8, 4) is 11.1 Å². The second kappa shape index (κ2) is 8.41. The first kappa shape index (κ1) is 23.7. The van der Waals surface area contributed by atoms with Crippen molar-refractivity contribution >= 4 is 27.5 Å². The summed E-state index contributed by atoms with van der Waals surface area (Å²) in [7, 11) is -3.85. The van der Waals surface area contributed by atoms with Crippen LogP contribution < -0.4 is 4.72 Å². The quantitative estimate of drug-likeness (QED) is 0.640. The highest BCUT2D eigenvalue weighted by atomic mass is 35.5. The first-order valence-corrected chi connectivity index (χ1v) is 12.1. The maximum absolute atomic E-state index is 14.6. The lowest BCUT2D eigenvalue weighted by atomic mass is 9.97. The zero-order chi connectivity index (χ0) is 24.1. The third-order valence-corrected chi connectivity index (χ3v) is 6.26. The molecule has 1 fully saturated rings. The number of rotatable bonds is 4. The summed E-state index contributed by atoms with van der Waals surface area (Å²) in [6.45, 7) is 0.623. The van der Waals surface area contributed by atoms with Gasteiger partial charge in [-0.1, -0.05) is 16.8 Å². The summed E-state index contributed by atoms with van der Waals surface area (Å²) >= 11 is 5.73. The van der Waals surface area contributed by atoms with Gasteiger partial charge in [-0.2, -0.15) is 0 Å². The van der Waals surface area contributed by atoms with E-state index in [2.05, 4.69) is 10.1 Å². The molecule has 33 heavy (non-hydrogen) atoms. The van der Waals surface area contributed by atoms with Crippen LogP contribution in [0, 0.1) is 18.6 Å². The van der Waals surface area contributed by atoms with Gasteiger partial charge in [-0.15, -0.1) is 0 Å². The van der Waals surface area contributed by atoms with E-state index in [1.165, 1.54) is 17.2 Å². The Morgan fingerprint density at radius 3 is 2.55 bits per heavy atom. The molecule has 1 aromatic heterocycles. The lowest BCUT2D eigenvalue weighted by molar-refractivity contribution is -0.00123. The number of pyridine rings is 1. The van der Waals surface area contributed by atoms with Gasteiger partial charge in [0.15, 0.2) is 6.10 Å². The van der Waals surface area contributed by atoms with E-state index in [0.29, 0.717) is 5.56 Å². The smallest absolute Gasteiger partial charge is 0.282 e. The number of nitrogens with zero attached hydrogens (tertiary/aromatic N) is 3. The van der Waals surface area contributed by atoms with Gasteiger partial charge in [-0.05, 0) is 30.7 Å². The van der Waals surface area contributed by atoms with E-state index < -0.39 is 46.3 Å². The van der Waals surface area contributed by atoms with Crippen LogP contribution in [-0.2, 0) is 14.9 Å². The average Bonchev–Trinajstić information content (AvgIpc) is 3.25. The lowest BCUT2D eigenvalue weighted by Gasteiger charge is -2.17. The molecule has 0 aliphatic carbocycles. The number of nitrogens with one attached hydrogen (secondary N) is 1. The minimum absolute atomic E-state index is 0.00155. The van der Waals surface area contributed by atoms with Crippen molar-refractivity contribution in [2.75, 3.05) is 19.3 Å². The summed E-state index contributed by atoms with van der Waals surface area (Å²) in [6.07, 6.45) is 1.40. The van der Waals surface area contributed by atoms with Crippen LogP contribution in [0.4, 0.5) is 17.6 Å². The summed E-state index contributed by atoms with van der Waals surface area (Å²) in [5, 5.41) is 3.77. The molecular weight excluding hydrogens is 488 g/mol. The van der Waals surface area contributed by atoms with Crippen LogP contribution in [0.5, 0.6) is 0 Å². The summed E-state index contributed by atoms with van der Waals surface area (Å²) in [5.74, 6) is -4.95. The van der Waals surface area contributed by atoms with Crippen LogP contribution in [-0.4, -0.2) is 55.4 Å². The third-order valence-electron chi connectivity index (χ3n) is 5.33. The first-order chi connectivity index (χ1) is 15.3. The molecule has 4 rings (SSSR count). The molecule has 1 saturated heterocycles. The van der Waals surface area contributed by atoms with Crippen molar-refractivity contribution in [3.05, 3.63) is 52.3 Å². The Morgan fingerprint density at radius 1 is 1.24 bits per heavy atom. The largest absolute Gasteiger partial charge is 0.384 e. The van der Waals surface area contributed by atoms with E-state index in [1.807, 2.05) is 4.72 Å². The van der Waals surface area contributed by atoms with Gasteiger partial charge in [0.25, 0.3) is 5.92 Å². The molecular formula is C20H19ClF4N4O3S. The molecule has 2 aliphatic rings. The molecule has 178 valence electrons. The van der Waals surface area contributed by atoms with Gasteiger partial charge in [0, 0.05) is 23.3 Å². The number of sulfonamides is 1. The maximum Gasteiger partial charge on any atom is 0.282 e. The summed E-state index contributed by atoms with van der Waals surface area (Å²) in [6, 6.07) is 1.87. The van der Waals surface area contributed by atoms with Crippen molar-refractivity contribution < 1.29 is 30.8 Å². The number of hydrogen-bond donors (Lipinski definition) is 1. The molecule has 2 aromatic rings. The van der Waals surface area contributed by atoms with Crippen molar-refractivity contribution in [3.63, 3.8) is 0 Å². The van der Waals surface area contributed by atoms with E-state index >= 15 is 0 Å². The van der Waals surface area contributed by atoms with Crippen molar-refractivity contribution in [1.29, 1.82) is 0 Å². The topological polar surface area (TPSA) is 83.9 Å². The minimum Gasteiger partial charge on any atom is -0.384 e. The van der Waals surface area contributed by atoms with E-state index in [0.717, 1.165) is 18.4 Å². The van der Waals surface area contributed by atoms with Crippen LogP contribution in [0.3, 0.4) is 0 Å². The molecule has 2 aliphatic heterocycles. The molecule has 0 bridgehead atoms.